The Morgan fingerprint density at radius 2 is 2.30 bits per heavy atom. The molecule has 3 nitrogen and oxygen atoms in total. The zero-order valence-electron chi connectivity index (χ0n) is 11.8. The van der Waals surface area contributed by atoms with Crippen molar-refractivity contribution in [3.63, 3.8) is 0 Å². The largest absolute Gasteiger partial charge is 0.497 e. The molecule has 1 aliphatic rings. The Morgan fingerprint density at radius 1 is 1.50 bits per heavy atom. The van der Waals surface area contributed by atoms with Gasteiger partial charge in [-0.25, -0.2) is 0 Å². The molecule has 1 aliphatic carbocycles. The molecule has 20 heavy (non-hydrogen) atoms. The number of methoxy groups -OCH3 is 1. The van der Waals surface area contributed by atoms with Crippen LogP contribution < -0.4 is 4.74 Å². The number of hydrogen-bond acceptors (Lipinski definition) is 3. The maximum absolute atomic E-state index is 9.30. The second-order valence-corrected chi connectivity index (χ2v) is 4.92. The molecule has 1 saturated carbocycles. The third-order valence-corrected chi connectivity index (χ3v) is 3.72. The van der Waals surface area contributed by atoms with Crippen molar-refractivity contribution < 1.29 is 4.74 Å². The summed E-state index contributed by atoms with van der Waals surface area (Å²) in [4.78, 5) is 3.67. The number of hydrogen-bond donors (Lipinski definition) is 0. The topological polar surface area (TPSA) is 45.4 Å². The highest BCUT2D eigenvalue weighted by Gasteiger charge is 2.52. The second-order valence-electron chi connectivity index (χ2n) is 4.92. The van der Waals surface area contributed by atoms with Crippen molar-refractivity contribution >= 4 is 6.72 Å². The number of aliphatic imine (C=N–C) groups is 1. The third kappa shape index (κ3) is 2.80. The molecular weight excluding hydrogens is 248 g/mol. The number of nitrogens with zero attached hydrogens (tertiary/aromatic N) is 2. The van der Waals surface area contributed by atoms with E-state index in [1.807, 2.05) is 30.4 Å². The molecule has 0 spiro atoms. The fraction of sp³-hybridized carbons (Fsp3) is 0.294. The lowest BCUT2D eigenvalue weighted by atomic mass is 10.1. The van der Waals surface area contributed by atoms with Crippen molar-refractivity contribution in [3.05, 3.63) is 53.8 Å². The van der Waals surface area contributed by atoms with Crippen LogP contribution >= 0.6 is 0 Å². The molecule has 102 valence electrons. The molecule has 0 aliphatic heterocycles. The first-order valence-electron chi connectivity index (χ1n) is 6.55. The summed E-state index contributed by atoms with van der Waals surface area (Å²) in [6, 6.07) is 10.4. The molecule has 1 aromatic carbocycles. The molecule has 0 bridgehead atoms. The van der Waals surface area contributed by atoms with Crippen molar-refractivity contribution in [2.45, 2.75) is 12.8 Å². The molecular formula is C17H18N2O. The Bertz CT molecular complexity index is 595. The third-order valence-electron chi connectivity index (χ3n) is 3.72. The number of ether oxygens (including phenoxy) is 1. The van der Waals surface area contributed by atoms with Gasteiger partial charge in [-0.3, -0.25) is 4.99 Å². The average molecular weight is 266 g/mol. The second kappa shape index (κ2) is 6.21. The predicted molar refractivity (Wildman–Crippen MR) is 80.8 cm³/mol. The highest BCUT2D eigenvalue weighted by Crippen LogP contribution is 2.57. The molecule has 3 heteroatoms. The zero-order valence-corrected chi connectivity index (χ0v) is 11.8. The Labute approximate surface area is 119 Å². The van der Waals surface area contributed by atoms with Gasteiger partial charge in [-0.2, -0.15) is 5.26 Å². The Morgan fingerprint density at radius 3 is 2.95 bits per heavy atom. The molecule has 0 radical (unpaired) electrons. The minimum atomic E-state index is 0.0449. The lowest BCUT2D eigenvalue weighted by Crippen LogP contribution is -1.88. The monoisotopic (exact) mass is 266 g/mol. The number of nitriles is 1. The summed E-state index contributed by atoms with van der Waals surface area (Å²) in [6.45, 7) is 5.46. The normalized spacial score (nSPS) is 25.2. The standard InChI is InChI=1S/C17H18N2O/c1-12(6-5-9-19-2)16-15(11-18)17(16)13-7-4-8-14(10-13)20-3/h4-10,15-17H,2H2,1,3H3. The lowest BCUT2D eigenvalue weighted by Gasteiger charge is -2.03. The van der Waals surface area contributed by atoms with E-state index in [0.717, 1.165) is 5.75 Å². The van der Waals surface area contributed by atoms with Crippen LogP contribution in [0.5, 0.6) is 5.75 Å². The molecule has 0 aromatic heterocycles. The van der Waals surface area contributed by atoms with Crippen molar-refractivity contribution in [3.8, 4) is 11.8 Å². The van der Waals surface area contributed by atoms with E-state index in [4.69, 9.17) is 4.74 Å². The van der Waals surface area contributed by atoms with Crippen molar-refractivity contribution in [2.24, 2.45) is 16.8 Å². The van der Waals surface area contributed by atoms with Crippen LogP contribution in [0, 0.1) is 23.2 Å². The van der Waals surface area contributed by atoms with Gasteiger partial charge in [-0.05, 0) is 37.4 Å². The summed E-state index contributed by atoms with van der Waals surface area (Å²) >= 11 is 0. The van der Waals surface area contributed by atoms with E-state index in [2.05, 4.69) is 30.8 Å². The van der Waals surface area contributed by atoms with Gasteiger partial charge < -0.3 is 4.74 Å². The molecule has 3 atom stereocenters. The molecule has 1 fully saturated rings. The van der Waals surface area contributed by atoms with Gasteiger partial charge in [-0.15, -0.1) is 0 Å². The van der Waals surface area contributed by atoms with Gasteiger partial charge in [0.05, 0.1) is 19.1 Å². The minimum Gasteiger partial charge on any atom is -0.497 e. The van der Waals surface area contributed by atoms with Gasteiger partial charge in [0.1, 0.15) is 5.75 Å². The van der Waals surface area contributed by atoms with Gasteiger partial charge in [0.2, 0.25) is 0 Å². The molecule has 3 unspecified atom stereocenters. The maximum atomic E-state index is 9.30. The molecule has 0 saturated heterocycles. The summed E-state index contributed by atoms with van der Waals surface area (Å²) in [7, 11) is 1.66. The highest BCUT2D eigenvalue weighted by atomic mass is 16.5. The fourth-order valence-corrected chi connectivity index (χ4v) is 2.67. The average Bonchev–Trinajstić information content (AvgIpc) is 3.22. The van der Waals surface area contributed by atoms with Crippen LogP contribution in [0.15, 0.2) is 53.2 Å². The first kappa shape index (κ1) is 14.1. The van der Waals surface area contributed by atoms with Crippen LogP contribution in [0.2, 0.25) is 0 Å². The molecule has 0 heterocycles. The Balaban J connectivity index is 2.20. The first-order chi connectivity index (χ1) is 9.72. The van der Waals surface area contributed by atoms with Crippen molar-refractivity contribution in [1.29, 1.82) is 5.26 Å². The smallest absolute Gasteiger partial charge is 0.119 e. The van der Waals surface area contributed by atoms with Crippen LogP contribution in [0.1, 0.15) is 18.4 Å². The summed E-state index contributed by atoms with van der Waals surface area (Å²) < 4.78 is 5.25. The summed E-state index contributed by atoms with van der Waals surface area (Å²) in [5, 5.41) is 9.30. The van der Waals surface area contributed by atoms with E-state index in [-0.39, 0.29) is 17.8 Å². The van der Waals surface area contributed by atoms with Gasteiger partial charge in [0, 0.05) is 18.0 Å². The maximum Gasteiger partial charge on any atom is 0.119 e. The van der Waals surface area contributed by atoms with E-state index in [1.165, 1.54) is 11.1 Å². The quantitative estimate of drug-likeness (QED) is 0.602. The predicted octanol–water partition coefficient (Wildman–Crippen LogP) is 3.71. The molecule has 1 aromatic rings. The van der Waals surface area contributed by atoms with Gasteiger partial charge in [0.15, 0.2) is 0 Å². The minimum absolute atomic E-state index is 0.0449. The van der Waals surface area contributed by atoms with E-state index in [1.54, 1.807) is 13.3 Å². The van der Waals surface area contributed by atoms with Crippen LogP contribution in [0.25, 0.3) is 0 Å². The van der Waals surface area contributed by atoms with E-state index >= 15 is 0 Å². The highest BCUT2D eigenvalue weighted by molar-refractivity contribution is 5.41. The summed E-state index contributed by atoms with van der Waals surface area (Å²) in [5.74, 6) is 1.42. The Hall–Kier alpha value is -2.34. The summed E-state index contributed by atoms with van der Waals surface area (Å²) in [6.07, 6.45) is 5.51. The van der Waals surface area contributed by atoms with Crippen molar-refractivity contribution in [1.82, 2.24) is 0 Å². The van der Waals surface area contributed by atoms with Gasteiger partial charge >= 0.3 is 0 Å². The van der Waals surface area contributed by atoms with Crippen LogP contribution in [-0.4, -0.2) is 13.8 Å². The lowest BCUT2D eigenvalue weighted by molar-refractivity contribution is 0.414. The first-order valence-corrected chi connectivity index (χ1v) is 6.55. The van der Waals surface area contributed by atoms with Crippen LogP contribution in [-0.2, 0) is 0 Å². The van der Waals surface area contributed by atoms with Gasteiger partial charge in [-0.1, -0.05) is 23.8 Å². The molecule has 2 rings (SSSR count). The number of rotatable bonds is 5. The van der Waals surface area contributed by atoms with E-state index < -0.39 is 0 Å². The molecule has 0 amide bonds. The summed E-state index contributed by atoms with van der Waals surface area (Å²) in [5.41, 5.74) is 2.36. The van der Waals surface area contributed by atoms with E-state index in [0.29, 0.717) is 0 Å². The number of allylic oxidation sites excluding steroid dienone is 3. The molecule has 0 N–H and O–H groups in total. The Kier molecular flexibility index (Phi) is 4.37. The fourth-order valence-electron chi connectivity index (χ4n) is 2.67. The van der Waals surface area contributed by atoms with Crippen LogP contribution in [0.3, 0.4) is 0 Å². The van der Waals surface area contributed by atoms with Crippen LogP contribution in [0.4, 0.5) is 0 Å². The van der Waals surface area contributed by atoms with Crippen molar-refractivity contribution in [2.75, 3.05) is 7.11 Å². The van der Waals surface area contributed by atoms with Gasteiger partial charge in [0.25, 0.3) is 0 Å². The van der Waals surface area contributed by atoms with E-state index in [9.17, 15) is 5.26 Å². The SMILES string of the molecule is C=NC=CC=C(C)C1C(C#N)C1c1cccc(OC)c1. The zero-order chi connectivity index (χ0) is 14.5. The number of benzene rings is 1.